The van der Waals surface area contributed by atoms with Crippen molar-refractivity contribution in [2.24, 2.45) is 23.7 Å². The van der Waals surface area contributed by atoms with E-state index < -0.39 is 77.3 Å². The van der Waals surface area contributed by atoms with Crippen LogP contribution in [-0.2, 0) is 38.1 Å². The Morgan fingerprint density at radius 2 is 1.73 bits per heavy atom. The number of hydrogen-bond acceptors (Lipinski definition) is 12. The van der Waals surface area contributed by atoms with Gasteiger partial charge in [-0.2, -0.15) is 0 Å². The van der Waals surface area contributed by atoms with Gasteiger partial charge in [0.15, 0.2) is 12.1 Å². The summed E-state index contributed by atoms with van der Waals surface area (Å²) in [5, 5.41) is 25.1. The van der Waals surface area contributed by atoms with Crippen LogP contribution in [0.15, 0.2) is 42.1 Å². The van der Waals surface area contributed by atoms with Gasteiger partial charge in [-0.25, -0.2) is 0 Å². The van der Waals surface area contributed by atoms with Crippen molar-refractivity contribution < 1.29 is 48.3 Å². The molecule has 3 aliphatic rings. The molecular weight excluding hydrogens is 704 g/mol. The zero-order valence-electron chi connectivity index (χ0n) is 34.2. The zero-order chi connectivity index (χ0) is 40.4. The number of ether oxygens (including phenoxy) is 5. The van der Waals surface area contributed by atoms with Gasteiger partial charge in [-0.3, -0.25) is 19.4 Å². The fourth-order valence-electron chi connectivity index (χ4n) is 8.91. The number of rotatable bonds is 6. The predicted octanol–water partition coefficient (Wildman–Crippen LogP) is 5.15. The number of carbonyl (C=O) groups is 3. The van der Waals surface area contributed by atoms with Crippen molar-refractivity contribution in [1.29, 1.82) is 0 Å². The Balaban J connectivity index is 1.70. The van der Waals surface area contributed by atoms with Crippen LogP contribution in [0.4, 0.5) is 0 Å². The molecule has 0 amide bonds. The number of Topliss-reactive ketones (excluding diaryl/α,β-unsaturated/α-hetero) is 2. The highest BCUT2D eigenvalue weighted by Gasteiger charge is 2.54. The Labute approximate surface area is 325 Å². The molecule has 0 aliphatic carbocycles. The lowest BCUT2D eigenvalue weighted by atomic mass is 9.73. The number of benzene rings is 1. The minimum absolute atomic E-state index is 0.00363. The van der Waals surface area contributed by atoms with Gasteiger partial charge in [0.25, 0.3) is 0 Å². The van der Waals surface area contributed by atoms with Gasteiger partial charge in [-0.15, -0.1) is 0 Å². The minimum atomic E-state index is -1.77. The van der Waals surface area contributed by atoms with Gasteiger partial charge < -0.3 is 38.8 Å². The molecule has 0 unspecified atom stereocenters. The highest BCUT2D eigenvalue weighted by molar-refractivity contribution is 6.00. The molecule has 1 aromatic heterocycles. The number of nitrogens with zero attached hydrogens (tertiary/aromatic N) is 2. The maximum atomic E-state index is 14.5. The summed E-state index contributed by atoms with van der Waals surface area (Å²) in [4.78, 5) is 49.4. The molecule has 0 radical (unpaired) electrons. The van der Waals surface area contributed by atoms with Gasteiger partial charge >= 0.3 is 5.97 Å². The summed E-state index contributed by atoms with van der Waals surface area (Å²) in [6.07, 6.45) is -1.05. The molecule has 2 bridgehead atoms. The number of hydrogen-bond donors (Lipinski definition) is 2. The first kappa shape index (κ1) is 43.0. The van der Waals surface area contributed by atoms with E-state index >= 15 is 0 Å². The van der Waals surface area contributed by atoms with E-state index in [0.717, 1.165) is 16.5 Å². The van der Waals surface area contributed by atoms with Crippen LogP contribution >= 0.6 is 0 Å². The molecular formula is C43H62N2O10. The number of ketones is 2. The van der Waals surface area contributed by atoms with Gasteiger partial charge in [0.1, 0.15) is 29.5 Å². The van der Waals surface area contributed by atoms with E-state index in [1.807, 2.05) is 76.2 Å². The third-order valence-electron chi connectivity index (χ3n) is 12.2. The second-order valence-corrected chi connectivity index (χ2v) is 16.6. The Morgan fingerprint density at radius 3 is 2.40 bits per heavy atom. The lowest BCUT2D eigenvalue weighted by Crippen LogP contribution is -2.60. The van der Waals surface area contributed by atoms with Crippen LogP contribution in [0.3, 0.4) is 0 Å². The van der Waals surface area contributed by atoms with Gasteiger partial charge in [0.2, 0.25) is 0 Å². The molecule has 55 heavy (non-hydrogen) atoms. The van der Waals surface area contributed by atoms with E-state index in [1.54, 1.807) is 33.9 Å². The van der Waals surface area contributed by atoms with Gasteiger partial charge in [-0.1, -0.05) is 52.8 Å². The number of para-hydroxylation sites is 1. The number of pyridine rings is 1. The largest absolute Gasteiger partial charge is 0.459 e. The van der Waals surface area contributed by atoms with Gasteiger partial charge in [0.05, 0.1) is 42.6 Å². The fraction of sp³-hybridized carbons (Fsp3) is 0.674. The summed E-state index contributed by atoms with van der Waals surface area (Å²) in [5.41, 5.74) is -0.795. The number of aliphatic hydroxyl groups is 2. The van der Waals surface area contributed by atoms with Crippen LogP contribution in [0, 0.1) is 23.7 Å². The molecule has 0 saturated carbocycles. The number of carbonyl (C=O) groups excluding carboxylic acids is 3. The first-order valence-corrected chi connectivity index (χ1v) is 19.9. The van der Waals surface area contributed by atoms with E-state index in [1.165, 1.54) is 6.92 Å². The monoisotopic (exact) mass is 766 g/mol. The van der Waals surface area contributed by atoms with E-state index in [-0.39, 0.29) is 50.4 Å². The summed E-state index contributed by atoms with van der Waals surface area (Å²) >= 11 is 0. The third kappa shape index (κ3) is 9.06. The summed E-state index contributed by atoms with van der Waals surface area (Å²) in [5.74, 6) is -5.14. The van der Waals surface area contributed by atoms with Crippen LogP contribution in [0.25, 0.3) is 17.0 Å². The molecule has 5 rings (SSSR count). The average Bonchev–Trinajstić information content (AvgIpc) is 3.17. The van der Waals surface area contributed by atoms with Crippen molar-refractivity contribution in [3.05, 3.63) is 47.7 Å². The van der Waals surface area contributed by atoms with Crippen LogP contribution in [-0.4, -0.2) is 119 Å². The molecule has 2 aromatic rings. The van der Waals surface area contributed by atoms with Crippen LogP contribution in [0.1, 0.15) is 86.6 Å². The molecule has 1 aromatic carbocycles. The summed E-state index contributed by atoms with van der Waals surface area (Å²) in [6.45, 7) is 14.0. The average molecular weight is 767 g/mol. The van der Waals surface area contributed by atoms with Crippen LogP contribution in [0.2, 0.25) is 0 Å². The Kier molecular flexibility index (Phi) is 13.8. The van der Waals surface area contributed by atoms with Crippen molar-refractivity contribution >= 4 is 34.5 Å². The second-order valence-electron chi connectivity index (χ2n) is 16.6. The second kappa shape index (κ2) is 17.6. The van der Waals surface area contributed by atoms with Crippen molar-refractivity contribution in [2.45, 2.75) is 135 Å². The highest BCUT2D eigenvalue weighted by atomic mass is 16.7. The summed E-state index contributed by atoms with van der Waals surface area (Å²) < 4.78 is 32.6. The lowest BCUT2D eigenvalue weighted by molar-refractivity contribution is -0.296. The van der Waals surface area contributed by atoms with Gasteiger partial charge in [-0.05, 0) is 89.9 Å². The molecule has 3 aliphatic heterocycles. The zero-order valence-corrected chi connectivity index (χ0v) is 34.2. The first-order chi connectivity index (χ1) is 25.9. The highest BCUT2D eigenvalue weighted by Crippen LogP contribution is 2.41. The van der Waals surface area contributed by atoms with E-state index in [0.29, 0.717) is 12.0 Å². The third-order valence-corrected chi connectivity index (χ3v) is 12.2. The van der Waals surface area contributed by atoms with Crippen molar-refractivity contribution in [1.82, 2.24) is 9.88 Å². The molecule has 12 heteroatoms. The van der Waals surface area contributed by atoms with Crippen LogP contribution in [0.5, 0.6) is 0 Å². The number of esters is 1. The maximum absolute atomic E-state index is 14.5. The number of likely N-dealkylation sites (N-methyl/N-ethyl adjacent to an activating group) is 1. The van der Waals surface area contributed by atoms with E-state index in [2.05, 4.69) is 4.98 Å². The van der Waals surface area contributed by atoms with Crippen LogP contribution < -0.4 is 0 Å². The predicted molar refractivity (Wildman–Crippen MR) is 208 cm³/mol. The van der Waals surface area contributed by atoms with E-state index in [9.17, 15) is 24.6 Å². The molecule has 304 valence electrons. The van der Waals surface area contributed by atoms with E-state index in [4.69, 9.17) is 23.7 Å². The number of fused-ring (bicyclic) bond motifs is 6. The van der Waals surface area contributed by atoms with Crippen molar-refractivity contribution in [2.75, 3.05) is 27.3 Å². The molecule has 3 fully saturated rings. The molecule has 2 N–H and O–H groups in total. The maximum Gasteiger partial charge on any atom is 0.316 e. The molecule has 13 atom stereocenters. The van der Waals surface area contributed by atoms with Crippen molar-refractivity contribution in [3.8, 4) is 0 Å². The number of aromatic nitrogens is 1. The van der Waals surface area contributed by atoms with Crippen molar-refractivity contribution in [3.63, 3.8) is 0 Å². The quantitative estimate of drug-likeness (QED) is 0.295. The number of cyclic esters (lactones) is 1. The van der Waals surface area contributed by atoms with Gasteiger partial charge in [0, 0.05) is 35.4 Å². The Morgan fingerprint density at radius 1 is 1.02 bits per heavy atom. The first-order valence-electron chi connectivity index (χ1n) is 19.9. The fourth-order valence-corrected chi connectivity index (χ4v) is 8.91. The minimum Gasteiger partial charge on any atom is -0.459 e. The smallest absolute Gasteiger partial charge is 0.316 e. The summed E-state index contributed by atoms with van der Waals surface area (Å²) in [6, 6.07) is 9.52. The Hall–Kier alpha value is -3.10. The SMILES string of the molecule is CC[C@H]1OC(=O)[C@H](C)C(=O)[C@H](C)[C@@H](O[C@@H]2O[C@H](C)C[C@H](N(C)C)[C@H]2O)[C@@]2(C)C[C@@H](C)C(=O)[C@H](C)[C@@H](OC/C(=C\c3cnc4ccccc4c3)CO2)[C@@]1(O)CC. The molecule has 4 heterocycles. The lowest BCUT2D eigenvalue weighted by Gasteiger charge is -2.47. The topological polar surface area (TPSA) is 154 Å². The standard InChI is InChI=1S/C43H62N2O10/c1-11-34-43(50,12-2)39-26(5)35(46)24(3)20-42(8,52-23-30(22-51-39)18-29-19-31-15-13-14-16-32(31)44-21-29)38(27(6)36(47)28(7)40(49)54-34)55-41-37(48)33(45(9)10)17-25(4)53-41/h13-16,18-19,21,24-28,33-34,37-39,41,48,50H,11-12,17,20,22-23H2,1-10H3/b30-18+/t24-,25-,26+,27+,28-,33+,34-,37-,38-,39-,41+,42-,43-/m1/s1. The molecule has 3 saturated heterocycles. The Bertz CT molecular complexity index is 1720. The molecule has 12 nitrogen and oxygen atoms in total. The normalized spacial score (nSPS) is 39.4. The molecule has 0 spiro atoms. The summed E-state index contributed by atoms with van der Waals surface area (Å²) in [7, 11) is 3.76. The number of aliphatic hydroxyl groups excluding tert-OH is 1.